The summed E-state index contributed by atoms with van der Waals surface area (Å²) in [6.45, 7) is 5.50. The quantitative estimate of drug-likeness (QED) is 0.611. The highest BCUT2D eigenvalue weighted by Crippen LogP contribution is 2.26. The van der Waals surface area contributed by atoms with E-state index in [0.717, 1.165) is 60.9 Å². The molecule has 1 aromatic heterocycles. The Morgan fingerprint density at radius 3 is 2.65 bits per heavy atom. The molecule has 2 rings (SSSR count). The molecule has 0 atom stereocenters. The van der Waals surface area contributed by atoms with Gasteiger partial charge >= 0.3 is 0 Å². The van der Waals surface area contributed by atoms with E-state index in [9.17, 15) is 0 Å². The highest BCUT2D eigenvalue weighted by Gasteiger charge is 2.08. The zero-order chi connectivity index (χ0) is 18.8. The Balaban J connectivity index is 1.92. The topological polar surface area (TPSA) is 65.5 Å². The Morgan fingerprint density at radius 2 is 1.92 bits per heavy atom. The lowest BCUT2D eigenvalue weighted by Gasteiger charge is -2.13. The number of hydrogen-bond acceptors (Lipinski definition) is 6. The molecular weight excluding hydrogens is 330 g/mol. The minimum atomic E-state index is 0.579. The Hall–Kier alpha value is -2.50. The van der Waals surface area contributed by atoms with Gasteiger partial charge in [0.25, 0.3) is 0 Å². The second kappa shape index (κ2) is 10.5. The molecule has 1 aromatic carbocycles. The number of unbranched alkanes of at least 4 members (excludes halogenated alkanes) is 1. The average Bonchev–Trinajstić information content (AvgIpc) is 2.66. The van der Waals surface area contributed by atoms with Gasteiger partial charge in [0.2, 0.25) is 0 Å². The molecule has 2 aromatic rings. The maximum Gasteiger partial charge on any atom is 0.179 e. The van der Waals surface area contributed by atoms with Crippen LogP contribution >= 0.6 is 0 Å². The largest absolute Gasteiger partial charge is 0.497 e. The molecule has 0 aliphatic rings. The maximum absolute atomic E-state index is 5.92. The van der Waals surface area contributed by atoms with Gasteiger partial charge in [-0.15, -0.1) is 0 Å². The molecule has 26 heavy (non-hydrogen) atoms. The van der Waals surface area contributed by atoms with Crippen molar-refractivity contribution in [2.75, 3.05) is 32.7 Å². The lowest BCUT2D eigenvalue weighted by molar-refractivity contribution is 0.308. The van der Waals surface area contributed by atoms with Crippen LogP contribution in [0.15, 0.2) is 24.4 Å². The first-order valence-electron chi connectivity index (χ1n) is 9.09. The summed E-state index contributed by atoms with van der Waals surface area (Å²) < 4.78 is 16.6. The third-order valence-electron chi connectivity index (χ3n) is 4.03. The third kappa shape index (κ3) is 5.79. The number of aryl methyl sites for hydroxylation is 2. The number of ether oxygens (including phenoxy) is 3. The van der Waals surface area contributed by atoms with E-state index in [1.807, 2.05) is 25.1 Å². The first-order chi connectivity index (χ1) is 12.7. The molecule has 0 saturated heterocycles. The number of nitrogens with one attached hydrogen (secondary N) is 1. The maximum atomic E-state index is 5.92. The molecule has 1 heterocycles. The van der Waals surface area contributed by atoms with Crippen LogP contribution in [0.2, 0.25) is 0 Å². The predicted octanol–water partition coefficient (Wildman–Crippen LogP) is 4.03. The van der Waals surface area contributed by atoms with E-state index in [-0.39, 0.29) is 0 Å². The van der Waals surface area contributed by atoms with Crippen molar-refractivity contribution in [1.29, 1.82) is 0 Å². The standard InChI is InChI=1S/C20H29N3O3/c1-5-6-11-21-20-19(14-22-15(2)23-20)26-12-7-8-16-13-17(24-3)9-10-18(16)25-4/h9-10,13-14H,5-8,11-12H2,1-4H3,(H,21,22,23). The van der Waals surface area contributed by atoms with Crippen LogP contribution in [0.4, 0.5) is 5.82 Å². The Bertz CT molecular complexity index is 692. The summed E-state index contributed by atoms with van der Waals surface area (Å²) in [6, 6.07) is 5.83. The van der Waals surface area contributed by atoms with E-state index < -0.39 is 0 Å². The zero-order valence-electron chi connectivity index (χ0n) is 16.2. The zero-order valence-corrected chi connectivity index (χ0v) is 16.2. The van der Waals surface area contributed by atoms with Crippen LogP contribution in [-0.4, -0.2) is 37.3 Å². The number of rotatable bonds is 11. The smallest absolute Gasteiger partial charge is 0.179 e. The highest BCUT2D eigenvalue weighted by molar-refractivity contribution is 5.48. The van der Waals surface area contributed by atoms with Gasteiger partial charge in [0, 0.05) is 6.54 Å². The van der Waals surface area contributed by atoms with E-state index >= 15 is 0 Å². The fraction of sp³-hybridized carbons (Fsp3) is 0.500. The number of anilines is 1. The molecule has 0 spiro atoms. The molecule has 0 aliphatic heterocycles. The van der Waals surface area contributed by atoms with Gasteiger partial charge < -0.3 is 19.5 Å². The van der Waals surface area contributed by atoms with Crippen LogP contribution in [-0.2, 0) is 6.42 Å². The van der Waals surface area contributed by atoms with E-state index in [2.05, 4.69) is 22.2 Å². The summed E-state index contributed by atoms with van der Waals surface area (Å²) in [5, 5.41) is 3.33. The summed E-state index contributed by atoms with van der Waals surface area (Å²) in [5.74, 6) is 3.90. The third-order valence-corrected chi connectivity index (χ3v) is 4.03. The SMILES string of the molecule is CCCCNc1nc(C)ncc1OCCCc1cc(OC)ccc1OC. The summed E-state index contributed by atoms with van der Waals surface area (Å²) in [6.07, 6.45) is 5.66. The van der Waals surface area contributed by atoms with E-state index in [4.69, 9.17) is 14.2 Å². The molecule has 0 radical (unpaired) electrons. The van der Waals surface area contributed by atoms with Crippen molar-refractivity contribution in [3.63, 3.8) is 0 Å². The average molecular weight is 359 g/mol. The molecule has 1 N–H and O–H groups in total. The van der Waals surface area contributed by atoms with Crippen molar-refractivity contribution in [3.8, 4) is 17.2 Å². The van der Waals surface area contributed by atoms with Crippen LogP contribution < -0.4 is 19.5 Å². The van der Waals surface area contributed by atoms with Gasteiger partial charge in [0.05, 0.1) is 27.0 Å². The van der Waals surface area contributed by atoms with Gasteiger partial charge in [0.1, 0.15) is 17.3 Å². The van der Waals surface area contributed by atoms with Gasteiger partial charge in [-0.05, 0) is 49.9 Å². The van der Waals surface area contributed by atoms with Gasteiger partial charge in [-0.25, -0.2) is 9.97 Å². The van der Waals surface area contributed by atoms with Crippen molar-refractivity contribution >= 4 is 5.82 Å². The van der Waals surface area contributed by atoms with Crippen molar-refractivity contribution < 1.29 is 14.2 Å². The van der Waals surface area contributed by atoms with Crippen molar-refractivity contribution in [1.82, 2.24) is 9.97 Å². The minimum Gasteiger partial charge on any atom is -0.497 e. The molecule has 6 nitrogen and oxygen atoms in total. The molecule has 142 valence electrons. The van der Waals surface area contributed by atoms with Crippen molar-refractivity contribution in [2.24, 2.45) is 0 Å². The summed E-state index contributed by atoms with van der Waals surface area (Å²) in [7, 11) is 3.35. The van der Waals surface area contributed by atoms with E-state index in [1.165, 1.54) is 0 Å². The van der Waals surface area contributed by atoms with Gasteiger partial charge in [0.15, 0.2) is 11.6 Å². The summed E-state index contributed by atoms with van der Waals surface area (Å²) in [4.78, 5) is 8.69. The lowest BCUT2D eigenvalue weighted by Crippen LogP contribution is -2.09. The fourth-order valence-corrected chi connectivity index (χ4v) is 2.60. The first-order valence-corrected chi connectivity index (χ1v) is 9.09. The van der Waals surface area contributed by atoms with Gasteiger partial charge in [-0.1, -0.05) is 13.3 Å². The van der Waals surface area contributed by atoms with Gasteiger partial charge in [-0.2, -0.15) is 0 Å². The van der Waals surface area contributed by atoms with Crippen LogP contribution in [0.3, 0.4) is 0 Å². The monoisotopic (exact) mass is 359 g/mol. The van der Waals surface area contributed by atoms with Gasteiger partial charge in [-0.3, -0.25) is 0 Å². The lowest BCUT2D eigenvalue weighted by atomic mass is 10.1. The first kappa shape index (κ1) is 19.8. The fourth-order valence-electron chi connectivity index (χ4n) is 2.60. The molecule has 6 heteroatoms. The number of benzene rings is 1. The molecule has 0 aliphatic carbocycles. The number of nitrogens with zero attached hydrogens (tertiary/aromatic N) is 2. The van der Waals surface area contributed by atoms with Crippen LogP contribution in [0.1, 0.15) is 37.6 Å². The number of methoxy groups -OCH3 is 2. The van der Waals surface area contributed by atoms with Crippen molar-refractivity contribution in [3.05, 3.63) is 35.8 Å². The number of hydrogen-bond donors (Lipinski definition) is 1. The molecule has 0 unspecified atom stereocenters. The van der Waals surface area contributed by atoms with Crippen LogP contribution in [0.25, 0.3) is 0 Å². The Labute approximate surface area is 155 Å². The minimum absolute atomic E-state index is 0.579. The Kier molecular flexibility index (Phi) is 7.99. The highest BCUT2D eigenvalue weighted by atomic mass is 16.5. The molecular formula is C20H29N3O3. The molecule has 0 saturated carbocycles. The number of aromatic nitrogens is 2. The molecule has 0 amide bonds. The molecule has 0 bridgehead atoms. The predicted molar refractivity (Wildman–Crippen MR) is 104 cm³/mol. The van der Waals surface area contributed by atoms with Crippen molar-refractivity contribution in [2.45, 2.75) is 39.5 Å². The second-order valence-corrected chi connectivity index (χ2v) is 6.04. The normalized spacial score (nSPS) is 10.5. The van der Waals surface area contributed by atoms with Crippen LogP contribution in [0, 0.1) is 6.92 Å². The Morgan fingerprint density at radius 1 is 1.08 bits per heavy atom. The van der Waals surface area contributed by atoms with E-state index in [0.29, 0.717) is 12.4 Å². The second-order valence-electron chi connectivity index (χ2n) is 6.04. The summed E-state index contributed by atoms with van der Waals surface area (Å²) >= 11 is 0. The molecule has 0 fully saturated rings. The van der Waals surface area contributed by atoms with Crippen LogP contribution in [0.5, 0.6) is 17.2 Å². The summed E-state index contributed by atoms with van der Waals surface area (Å²) in [5.41, 5.74) is 1.11. The van der Waals surface area contributed by atoms with E-state index in [1.54, 1.807) is 20.4 Å².